The molecule has 0 aliphatic rings. The SMILES string of the molecule is Nc1cc(=O)[nH]cc1I. The van der Waals surface area contributed by atoms with Crippen LogP contribution in [0.15, 0.2) is 17.1 Å². The van der Waals surface area contributed by atoms with E-state index in [2.05, 4.69) is 4.98 Å². The average Bonchev–Trinajstić information content (AvgIpc) is 1.80. The smallest absolute Gasteiger partial charge is 0.250 e. The molecular weight excluding hydrogens is 231 g/mol. The molecule has 0 aliphatic heterocycles. The van der Waals surface area contributed by atoms with E-state index in [1.165, 1.54) is 6.07 Å². The summed E-state index contributed by atoms with van der Waals surface area (Å²) in [6.45, 7) is 0. The third-order valence-electron chi connectivity index (χ3n) is 0.904. The van der Waals surface area contributed by atoms with Crippen LogP contribution in [-0.2, 0) is 0 Å². The number of nitrogen functional groups attached to an aromatic ring is 1. The molecule has 0 saturated carbocycles. The number of H-pyrrole nitrogens is 1. The van der Waals surface area contributed by atoms with Gasteiger partial charge in [0, 0.05) is 12.3 Å². The number of aromatic amines is 1. The van der Waals surface area contributed by atoms with Crippen molar-refractivity contribution in [2.75, 3.05) is 5.73 Å². The van der Waals surface area contributed by atoms with Gasteiger partial charge in [0.1, 0.15) is 0 Å². The summed E-state index contributed by atoms with van der Waals surface area (Å²) < 4.78 is 0.868. The first-order valence-electron chi connectivity index (χ1n) is 2.34. The van der Waals surface area contributed by atoms with Crippen LogP contribution < -0.4 is 11.3 Å². The van der Waals surface area contributed by atoms with Crippen LogP contribution >= 0.6 is 22.6 Å². The summed E-state index contributed by atoms with van der Waals surface area (Å²) in [6.07, 6.45) is 1.58. The summed E-state index contributed by atoms with van der Waals surface area (Å²) in [5, 5.41) is 0. The van der Waals surface area contributed by atoms with Crippen molar-refractivity contribution in [2.24, 2.45) is 0 Å². The third-order valence-corrected chi connectivity index (χ3v) is 1.84. The van der Waals surface area contributed by atoms with Crippen molar-refractivity contribution >= 4 is 28.3 Å². The molecule has 0 spiro atoms. The van der Waals surface area contributed by atoms with Crippen molar-refractivity contribution < 1.29 is 0 Å². The van der Waals surface area contributed by atoms with E-state index in [0.29, 0.717) is 5.69 Å². The van der Waals surface area contributed by atoms with Crippen LogP contribution in [0.5, 0.6) is 0 Å². The Hall–Kier alpha value is -0.520. The molecule has 9 heavy (non-hydrogen) atoms. The molecule has 3 N–H and O–H groups in total. The highest BCUT2D eigenvalue weighted by Gasteiger charge is 1.91. The van der Waals surface area contributed by atoms with E-state index in [1.807, 2.05) is 22.6 Å². The molecule has 0 saturated heterocycles. The summed E-state index contributed by atoms with van der Waals surface area (Å²) in [7, 11) is 0. The first kappa shape index (κ1) is 6.60. The lowest BCUT2D eigenvalue weighted by molar-refractivity contribution is 1.23. The summed E-state index contributed by atoms with van der Waals surface area (Å²) >= 11 is 2.05. The molecule has 0 aliphatic carbocycles. The maximum Gasteiger partial charge on any atom is 0.250 e. The number of hydrogen-bond acceptors (Lipinski definition) is 2. The summed E-state index contributed by atoms with van der Waals surface area (Å²) in [6, 6.07) is 1.36. The van der Waals surface area contributed by atoms with Crippen molar-refractivity contribution in [3.05, 3.63) is 26.2 Å². The third kappa shape index (κ3) is 1.44. The molecule has 48 valence electrons. The Bertz CT molecular complexity index is 268. The second kappa shape index (κ2) is 2.38. The molecule has 4 heteroatoms. The number of rotatable bonds is 0. The van der Waals surface area contributed by atoms with Gasteiger partial charge in [-0.1, -0.05) is 0 Å². The van der Waals surface area contributed by atoms with Crippen LogP contribution in [0.2, 0.25) is 0 Å². The predicted molar refractivity (Wildman–Crippen MR) is 44.2 cm³/mol. The van der Waals surface area contributed by atoms with Crippen LogP contribution in [0.3, 0.4) is 0 Å². The second-order valence-corrected chi connectivity index (χ2v) is 2.76. The van der Waals surface area contributed by atoms with Gasteiger partial charge in [-0.25, -0.2) is 0 Å². The van der Waals surface area contributed by atoms with Crippen molar-refractivity contribution in [2.45, 2.75) is 0 Å². The topological polar surface area (TPSA) is 58.9 Å². The van der Waals surface area contributed by atoms with Gasteiger partial charge in [-0.15, -0.1) is 0 Å². The maximum absolute atomic E-state index is 10.5. The zero-order chi connectivity index (χ0) is 6.85. The number of anilines is 1. The Morgan fingerprint density at radius 3 is 2.78 bits per heavy atom. The van der Waals surface area contributed by atoms with Crippen molar-refractivity contribution in [3.8, 4) is 0 Å². The maximum atomic E-state index is 10.5. The standard InChI is InChI=1S/C5H5IN2O/c6-3-2-8-5(9)1-4(3)7/h1-2H,(H3,7,8,9). The Labute approximate surface area is 65.4 Å². The normalized spacial score (nSPS) is 9.44. The molecular formula is C5H5IN2O. The molecule has 1 heterocycles. The fourth-order valence-electron chi connectivity index (χ4n) is 0.470. The molecule has 0 unspecified atom stereocenters. The monoisotopic (exact) mass is 236 g/mol. The van der Waals surface area contributed by atoms with Gasteiger partial charge in [0.25, 0.3) is 0 Å². The molecule has 0 amide bonds. The van der Waals surface area contributed by atoms with Crippen molar-refractivity contribution in [1.82, 2.24) is 4.98 Å². The van der Waals surface area contributed by atoms with Crippen LogP contribution in [0.25, 0.3) is 0 Å². The number of nitrogens with two attached hydrogens (primary N) is 1. The minimum atomic E-state index is -0.159. The van der Waals surface area contributed by atoms with Crippen LogP contribution in [0.1, 0.15) is 0 Å². The highest BCUT2D eigenvalue weighted by molar-refractivity contribution is 14.1. The number of hydrogen-bond donors (Lipinski definition) is 2. The van der Waals surface area contributed by atoms with Gasteiger partial charge in [-0.3, -0.25) is 4.79 Å². The summed E-state index contributed by atoms with van der Waals surface area (Å²) in [5.41, 5.74) is 5.76. The van der Waals surface area contributed by atoms with E-state index in [4.69, 9.17) is 5.73 Å². The molecule has 0 atom stereocenters. The fourth-order valence-corrected chi connectivity index (χ4v) is 0.781. The zero-order valence-electron chi connectivity index (χ0n) is 4.52. The molecule has 1 rings (SSSR count). The molecule has 0 bridgehead atoms. The fraction of sp³-hybridized carbons (Fsp3) is 0. The van der Waals surface area contributed by atoms with E-state index in [9.17, 15) is 4.79 Å². The van der Waals surface area contributed by atoms with E-state index in [0.717, 1.165) is 3.57 Å². The van der Waals surface area contributed by atoms with E-state index < -0.39 is 0 Å². The molecule has 0 fully saturated rings. The van der Waals surface area contributed by atoms with Crippen LogP contribution in [-0.4, -0.2) is 4.98 Å². The van der Waals surface area contributed by atoms with Gasteiger partial charge in [0.15, 0.2) is 0 Å². The largest absolute Gasteiger partial charge is 0.398 e. The van der Waals surface area contributed by atoms with E-state index in [1.54, 1.807) is 6.20 Å². The Kier molecular flexibility index (Phi) is 1.75. The quantitative estimate of drug-likeness (QED) is 0.646. The predicted octanol–water partition coefficient (Wildman–Crippen LogP) is 0.562. The van der Waals surface area contributed by atoms with Crippen molar-refractivity contribution in [3.63, 3.8) is 0 Å². The lowest BCUT2D eigenvalue weighted by Crippen LogP contribution is -2.05. The molecule has 1 aromatic rings. The van der Waals surface area contributed by atoms with Crippen molar-refractivity contribution in [1.29, 1.82) is 0 Å². The highest BCUT2D eigenvalue weighted by Crippen LogP contribution is 2.07. The molecule has 3 nitrogen and oxygen atoms in total. The lowest BCUT2D eigenvalue weighted by atomic mass is 10.4. The van der Waals surface area contributed by atoms with Gasteiger partial charge in [-0.05, 0) is 22.6 Å². The van der Waals surface area contributed by atoms with E-state index in [-0.39, 0.29) is 5.56 Å². The van der Waals surface area contributed by atoms with E-state index >= 15 is 0 Å². The number of aromatic nitrogens is 1. The minimum Gasteiger partial charge on any atom is -0.398 e. The number of halogens is 1. The highest BCUT2D eigenvalue weighted by atomic mass is 127. The summed E-state index contributed by atoms with van der Waals surface area (Å²) in [5.74, 6) is 0. The van der Waals surface area contributed by atoms with Gasteiger partial charge >= 0.3 is 0 Å². The van der Waals surface area contributed by atoms with Crippen LogP contribution in [0.4, 0.5) is 5.69 Å². The number of pyridine rings is 1. The lowest BCUT2D eigenvalue weighted by Gasteiger charge is -1.92. The minimum absolute atomic E-state index is 0.159. The van der Waals surface area contributed by atoms with Gasteiger partial charge in [0.2, 0.25) is 5.56 Å². The molecule has 0 radical (unpaired) electrons. The molecule has 1 aromatic heterocycles. The average molecular weight is 236 g/mol. The second-order valence-electron chi connectivity index (χ2n) is 1.60. The van der Waals surface area contributed by atoms with Gasteiger partial charge in [-0.2, -0.15) is 0 Å². The van der Waals surface area contributed by atoms with Gasteiger partial charge < -0.3 is 10.7 Å². The first-order chi connectivity index (χ1) is 4.20. The Balaban J connectivity index is 3.34. The number of nitrogens with one attached hydrogen (secondary N) is 1. The first-order valence-corrected chi connectivity index (χ1v) is 3.42. The Morgan fingerprint density at radius 2 is 2.33 bits per heavy atom. The Morgan fingerprint density at radius 1 is 1.67 bits per heavy atom. The van der Waals surface area contributed by atoms with Gasteiger partial charge in [0.05, 0.1) is 9.26 Å². The van der Waals surface area contributed by atoms with Crippen LogP contribution in [0, 0.1) is 3.57 Å². The zero-order valence-corrected chi connectivity index (χ0v) is 6.68. The molecule has 0 aromatic carbocycles. The summed E-state index contributed by atoms with van der Waals surface area (Å²) in [4.78, 5) is 13.0.